The minimum absolute atomic E-state index is 0.0334. The van der Waals surface area contributed by atoms with E-state index >= 15 is 0 Å². The lowest BCUT2D eigenvalue weighted by Crippen LogP contribution is -2.24. The highest BCUT2D eigenvalue weighted by molar-refractivity contribution is 5.19. The van der Waals surface area contributed by atoms with Crippen molar-refractivity contribution in [2.75, 3.05) is 13.2 Å². The van der Waals surface area contributed by atoms with E-state index in [0.717, 1.165) is 18.5 Å². The fourth-order valence-corrected chi connectivity index (χ4v) is 1.30. The summed E-state index contributed by atoms with van der Waals surface area (Å²) in [6.45, 7) is 2.94. The summed E-state index contributed by atoms with van der Waals surface area (Å²) in [4.78, 5) is 0. The summed E-state index contributed by atoms with van der Waals surface area (Å²) in [5, 5.41) is 12.3. The van der Waals surface area contributed by atoms with Crippen LogP contribution in [0.3, 0.4) is 0 Å². The average molecular weight is 197 g/mol. The standard InChI is InChI=1S/C11H16FNO/c1-2-7-13-11(8-14)9-3-5-10(12)6-4-9/h3-6,11,13-14H,2,7-8H2,1H3. The first-order valence-electron chi connectivity index (χ1n) is 4.87. The number of hydrogen-bond donors (Lipinski definition) is 2. The maximum atomic E-state index is 12.6. The summed E-state index contributed by atoms with van der Waals surface area (Å²) in [5.41, 5.74) is 0.919. The zero-order chi connectivity index (χ0) is 10.4. The molecule has 0 amide bonds. The molecule has 2 nitrogen and oxygen atoms in total. The van der Waals surface area contributed by atoms with E-state index in [1.54, 1.807) is 12.1 Å². The normalized spacial score (nSPS) is 12.8. The van der Waals surface area contributed by atoms with Gasteiger partial charge in [-0.25, -0.2) is 4.39 Å². The summed E-state index contributed by atoms with van der Waals surface area (Å²) in [6, 6.07) is 6.12. The largest absolute Gasteiger partial charge is 0.394 e. The molecule has 0 aliphatic carbocycles. The van der Waals surface area contributed by atoms with Crippen LogP contribution in [-0.4, -0.2) is 18.3 Å². The van der Waals surface area contributed by atoms with E-state index < -0.39 is 0 Å². The number of nitrogens with one attached hydrogen (secondary N) is 1. The highest BCUT2D eigenvalue weighted by Crippen LogP contribution is 2.12. The van der Waals surface area contributed by atoms with Gasteiger partial charge in [0.15, 0.2) is 0 Å². The van der Waals surface area contributed by atoms with Crippen LogP contribution < -0.4 is 5.32 Å². The molecular formula is C11H16FNO. The van der Waals surface area contributed by atoms with Gasteiger partial charge in [-0.1, -0.05) is 19.1 Å². The Kier molecular flexibility index (Phi) is 4.56. The van der Waals surface area contributed by atoms with Crippen LogP contribution in [0.5, 0.6) is 0 Å². The predicted molar refractivity (Wildman–Crippen MR) is 54.5 cm³/mol. The minimum atomic E-state index is -0.249. The lowest BCUT2D eigenvalue weighted by molar-refractivity contribution is 0.245. The van der Waals surface area contributed by atoms with Crippen molar-refractivity contribution in [1.29, 1.82) is 0 Å². The van der Waals surface area contributed by atoms with E-state index in [0.29, 0.717) is 0 Å². The zero-order valence-electron chi connectivity index (χ0n) is 8.33. The monoisotopic (exact) mass is 197 g/mol. The van der Waals surface area contributed by atoms with Gasteiger partial charge in [0.05, 0.1) is 12.6 Å². The molecule has 1 unspecified atom stereocenters. The average Bonchev–Trinajstić information content (AvgIpc) is 2.21. The van der Waals surface area contributed by atoms with Crippen molar-refractivity contribution in [2.24, 2.45) is 0 Å². The Hall–Kier alpha value is -0.930. The first kappa shape index (κ1) is 11.1. The molecule has 3 heteroatoms. The first-order valence-corrected chi connectivity index (χ1v) is 4.87. The molecule has 14 heavy (non-hydrogen) atoms. The van der Waals surface area contributed by atoms with Crippen LogP contribution in [0.4, 0.5) is 4.39 Å². The minimum Gasteiger partial charge on any atom is -0.394 e. The molecule has 0 saturated heterocycles. The highest BCUT2D eigenvalue weighted by Gasteiger charge is 2.08. The molecule has 78 valence electrons. The lowest BCUT2D eigenvalue weighted by atomic mass is 10.1. The smallest absolute Gasteiger partial charge is 0.123 e. The van der Waals surface area contributed by atoms with Crippen molar-refractivity contribution < 1.29 is 9.50 Å². The van der Waals surface area contributed by atoms with E-state index in [2.05, 4.69) is 12.2 Å². The van der Waals surface area contributed by atoms with E-state index in [4.69, 9.17) is 5.11 Å². The molecule has 2 N–H and O–H groups in total. The van der Waals surface area contributed by atoms with Gasteiger partial charge < -0.3 is 10.4 Å². The maximum Gasteiger partial charge on any atom is 0.123 e. The van der Waals surface area contributed by atoms with Gasteiger partial charge in [0, 0.05) is 0 Å². The van der Waals surface area contributed by atoms with Crippen LogP contribution in [0.15, 0.2) is 24.3 Å². The first-order chi connectivity index (χ1) is 6.77. The number of hydrogen-bond acceptors (Lipinski definition) is 2. The van der Waals surface area contributed by atoms with Crippen molar-refractivity contribution in [1.82, 2.24) is 5.32 Å². The predicted octanol–water partition coefficient (Wildman–Crippen LogP) is 1.86. The van der Waals surface area contributed by atoms with E-state index in [1.165, 1.54) is 12.1 Å². The maximum absolute atomic E-state index is 12.6. The number of halogens is 1. The van der Waals surface area contributed by atoms with Gasteiger partial charge in [0.25, 0.3) is 0 Å². The summed E-state index contributed by atoms with van der Waals surface area (Å²) < 4.78 is 12.6. The van der Waals surface area contributed by atoms with Crippen LogP contribution in [-0.2, 0) is 0 Å². The van der Waals surface area contributed by atoms with Gasteiger partial charge in [0.2, 0.25) is 0 Å². The topological polar surface area (TPSA) is 32.3 Å². The van der Waals surface area contributed by atoms with E-state index in [-0.39, 0.29) is 18.5 Å². The second-order valence-corrected chi connectivity index (χ2v) is 3.24. The van der Waals surface area contributed by atoms with Gasteiger partial charge in [-0.3, -0.25) is 0 Å². The molecule has 0 fully saturated rings. The van der Waals surface area contributed by atoms with Gasteiger partial charge in [-0.05, 0) is 30.7 Å². The molecular weight excluding hydrogens is 181 g/mol. The Morgan fingerprint density at radius 2 is 2.00 bits per heavy atom. The van der Waals surface area contributed by atoms with Crippen LogP contribution >= 0.6 is 0 Å². The van der Waals surface area contributed by atoms with E-state index in [9.17, 15) is 4.39 Å². The van der Waals surface area contributed by atoms with Crippen molar-refractivity contribution >= 4 is 0 Å². The Labute approximate surface area is 83.8 Å². The molecule has 0 bridgehead atoms. The molecule has 1 aromatic rings. The molecule has 1 atom stereocenters. The third-order valence-corrected chi connectivity index (χ3v) is 2.10. The SMILES string of the molecule is CCCNC(CO)c1ccc(F)cc1. The highest BCUT2D eigenvalue weighted by atomic mass is 19.1. The summed E-state index contributed by atoms with van der Waals surface area (Å²) in [5.74, 6) is -0.249. The number of aliphatic hydroxyl groups is 1. The third kappa shape index (κ3) is 3.09. The van der Waals surface area contributed by atoms with Crippen molar-refractivity contribution in [3.8, 4) is 0 Å². The molecule has 0 aliphatic heterocycles. The molecule has 0 heterocycles. The third-order valence-electron chi connectivity index (χ3n) is 2.10. The van der Waals surface area contributed by atoms with Crippen LogP contribution in [0, 0.1) is 5.82 Å². The summed E-state index contributed by atoms with van der Waals surface area (Å²) in [7, 11) is 0. The number of benzene rings is 1. The second kappa shape index (κ2) is 5.73. The molecule has 0 aromatic heterocycles. The van der Waals surface area contributed by atoms with Crippen LogP contribution in [0.25, 0.3) is 0 Å². The van der Waals surface area contributed by atoms with Crippen molar-refractivity contribution in [2.45, 2.75) is 19.4 Å². The summed E-state index contributed by atoms with van der Waals surface area (Å²) in [6.07, 6.45) is 1.01. The Balaban J connectivity index is 2.64. The molecule has 1 aromatic carbocycles. The zero-order valence-corrected chi connectivity index (χ0v) is 8.33. The van der Waals surface area contributed by atoms with Crippen LogP contribution in [0.1, 0.15) is 24.9 Å². The van der Waals surface area contributed by atoms with Crippen molar-refractivity contribution in [3.05, 3.63) is 35.6 Å². The Morgan fingerprint density at radius 1 is 1.36 bits per heavy atom. The van der Waals surface area contributed by atoms with Gasteiger partial charge in [-0.15, -0.1) is 0 Å². The van der Waals surface area contributed by atoms with E-state index in [1.807, 2.05) is 0 Å². The lowest BCUT2D eigenvalue weighted by Gasteiger charge is -2.15. The number of rotatable bonds is 5. The molecule has 0 radical (unpaired) electrons. The molecule has 0 saturated carbocycles. The van der Waals surface area contributed by atoms with Gasteiger partial charge in [-0.2, -0.15) is 0 Å². The number of aliphatic hydroxyl groups excluding tert-OH is 1. The second-order valence-electron chi connectivity index (χ2n) is 3.24. The fourth-order valence-electron chi connectivity index (χ4n) is 1.30. The molecule has 0 spiro atoms. The fraction of sp³-hybridized carbons (Fsp3) is 0.455. The Bertz CT molecular complexity index is 260. The van der Waals surface area contributed by atoms with Gasteiger partial charge in [0.1, 0.15) is 5.82 Å². The Morgan fingerprint density at radius 3 is 2.50 bits per heavy atom. The molecule has 1 rings (SSSR count). The van der Waals surface area contributed by atoms with Crippen LogP contribution in [0.2, 0.25) is 0 Å². The van der Waals surface area contributed by atoms with Crippen molar-refractivity contribution in [3.63, 3.8) is 0 Å². The molecule has 0 aliphatic rings. The summed E-state index contributed by atoms with van der Waals surface area (Å²) >= 11 is 0. The van der Waals surface area contributed by atoms with Gasteiger partial charge >= 0.3 is 0 Å². The quantitative estimate of drug-likeness (QED) is 0.755.